The van der Waals surface area contributed by atoms with Gasteiger partial charge in [-0.05, 0) is 103 Å². The number of hydrogen-bond donors (Lipinski definition) is 0. The maximum Gasteiger partial charge on any atom is 0.241 e. The molecule has 0 amide bonds. The van der Waals surface area contributed by atoms with Gasteiger partial charge in [-0.25, -0.2) is 0 Å². The molecule has 236 valence electrons. The van der Waals surface area contributed by atoms with Crippen molar-refractivity contribution in [2.75, 3.05) is 0 Å². The fraction of sp³-hybridized carbons (Fsp3) is 0.769. The molecule has 14 heteroatoms. The van der Waals surface area contributed by atoms with Crippen LogP contribution in [0.1, 0.15) is 44.9 Å². The standard InChI is InChI=1S/C12H24N2OSi2.C6H12FNSi.C4H5N.C4H14OSi2.FH.Pt/c1-16(2,11-7-5-9-13)15-17(3,4)12-8-6-10-14;1-9(2,7)6-4-3-5-8;1-2-3-4-5;1-6(2)5-7(3)4;;/h5-8,11-12H2,1-4H3;3-4,6H2,1-2H3;2H,1,3H2;6-7H,1-4H3;1H;. The van der Waals surface area contributed by atoms with Crippen LogP contribution in [0, 0.1) is 45.3 Å². The minimum absolute atomic E-state index is 0. The first-order chi connectivity index (χ1) is 17.4. The molecule has 0 bridgehead atoms. The van der Waals surface area contributed by atoms with Crippen molar-refractivity contribution in [3.63, 3.8) is 0 Å². The molecule has 0 aliphatic heterocycles. The van der Waals surface area contributed by atoms with Crippen molar-refractivity contribution in [2.24, 2.45) is 0 Å². The van der Waals surface area contributed by atoms with E-state index >= 15 is 0 Å². The van der Waals surface area contributed by atoms with Crippen LogP contribution in [0.3, 0.4) is 0 Å². The van der Waals surface area contributed by atoms with Crippen LogP contribution in [0.5, 0.6) is 0 Å². The molecule has 0 atom stereocenters. The van der Waals surface area contributed by atoms with Gasteiger partial charge in [0.15, 0.2) is 34.7 Å². The SMILES string of the molecule is C=CCC#N.C[SiH](C)O[SiH](C)C.C[Si](C)(CCCC#N)O[Si](C)(C)CCCC#N.C[Si](C)(F)CCCC#N.F.[Pt]. The monoisotopic (exact) mass is 829 g/mol. The minimum atomic E-state index is -2.35. The van der Waals surface area contributed by atoms with E-state index in [2.05, 4.69) is 71.1 Å². The van der Waals surface area contributed by atoms with E-state index in [1.54, 1.807) is 19.2 Å². The average Bonchev–Trinajstić information content (AvgIpc) is 2.73. The molecular weight excluding hydrogens is 774 g/mol. The van der Waals surface area contributed by atoms with Crippen LogP contribution in [0.25, 0.3) is 0 Å². The van der Waals surface area contributed by atoms with E-state index in [1.165, 1.54) is 0 Å². The molecule has 0 unspecified atom stereocenters. The van der Waals surface area contributed by atoms with Gasteiger partial charge in [0.05, 0.1) is 30.7 Å². The number of hydrogen-bond acceptors (Lipinski definition) is 6. The Labute approximate surface area is 266 Å². The Kier molecular flexibility index (Phi) is 42.5. The van der Waals surface area contributed by atoms with E-state index in [9.17, 15) is 4.11 Å². The molecule has 0 radical (unpaired) electrons. The zero-order valence-electron chi connectivity index (χ0n) is 26.7. The first kappa shape index (κ1) is 51.9. The van der Waals surface area contributed by atoms with E-state index < -0.39 is 43.1 Å². The molecule has 40 heavy (non-hydrogen) atoms. The molecule has 0 N–H and O–H groups in total. The van der Waals surface area contributed by atoms with E-state index in [4.69, 9.17) is 29.3 Å². The van der Waals surface area contributed by atoms with Gasteiger partial charge in [0.2, 0.25) is 8.41 Å². The van der Waals surface area contributed by atoms with Gasteiger partial charge in [-0.1, -0.05) is 6.08 Å². The third-order valence-electron chi connectivity index (χ3n) is 4.53. The van der Waals surface area contributed by atoms with Gasteiger partial charge in [0, 0.05) is 40.3 Å². The molecule has 0 heterocycles. The average molecular weight is 830 g/mol. The van der Waals surface area contributed by atoms with Crippen LogP contribution >= 0.6 is 0 Å². The smallest absolute Gasteiger partial charge is 0.241 e. The summed E-state index contributed by atoms with van der Waals surface area (Å²) in [7, 11) is -6.90. The van der Waals surface area contributed by atoms with E-state index in [-0.39, 0.29) is 25.8 Å². The second-order valence-corrected chi connectivity index (χ2v) is 29.3. The predicted molar refractivity (Wildman–Crippen MR) is 175 cm³/mol. The number of allylic oxidation sites excluding steroid dienone is 1. The van der Waals surface area contributed by atoms with Gasteiger partial charge in [0.25, 0.3) is 0 Å². The van der Waals surface area contributed by atoms with Gasteiger partial charge in [0.1, 0.15) is 0 Å². The van der Waals surface area contributed by atoms with Crippen LogP contribution in [0.15, 0.2) is 12.7 Å². The normalized spacial score (nSPS) is 10.1. The largest absolute Gasteiger partial charge is 0.461 e. The van der Waals surface area contributed by atoms with Crippen molar-refractivity contribution in [1.29, 1.82) is 21.0 Å². The molecule has 0 saturated heterocycles. The molecule has 6 nitrogen and oxygen atoms in total. The molecular formula is C26H56F2N4O2PtSi5. The molecule has 0 fully saturated rings. The Morgan fingerprint density at radius 3 is 1.20 bits per heavy atom. The second kappa shape index (κ2) is 32.8. The Bertz CT molecular complexity index is 723. The summed E-state index contributed by atoms with van der Waals surface area (Å²) in [5.41, 5.74) is 0. The van der Waals surface area contributed by atoms with Crippen LogP contribution in [-0.2, 0) is 29.3 Å². The van der Waals surface area contributed by atoms with Crippen molar-refractivity contribution in [3.8, 4) is 24.3 Å². The Hall–Kier alpha value is -0.747. The summed E-state index contributed by atoms with van der Waals surface area (Å²) in [4.78, 5) is 0. The number of unbranched alkanes of at least 4 members (excludes halogenated alkanes) is 3. The number of halogens is 2. The van der Waals surface area contributed by atoms with Crippen LogP contribution in [0.2, 0.25) is 83.6 Å². The quantitative estimate of drug-likeness (QED) is 0.0750. The van der Waals surface area contributed by atoms with Crippen molar-refractivity contribution in [2.45, 2.75) is 129 Å². The molecule has 0 aliphatic rings. The fourth-order valence-electron chi connectivity index (χ4n) is 3.23. The summed E-state index contributed by atoms with van der Waals surface area (Å²) in [6.07, 6.45) is 6.44. The number of nitriles is 4. The summed E-state index contributed by atoms with van der Waals surface area (Å²) >= 11 is 0. The van der Waals surface area contributed by atoms with Crippen LogP contribution in [-0.4, -0.2) is 43.1 Å². The Morgan fingerprint density at radius 1 is 0.700 bits per heavy atom. The molecule has 0 aliphatic carbocycles. The topological polar surface area (TPSA) is 114 Å². The molecule has 0 saturated carbocycles. The zero-order chi connectivity index (χ0) is 30.7. The molecule has 0 spiro atoms. The van der Waals surface area contributed by atoms with Gasteiger partial charge >= 0.3 is 0 Å². The van der Waals surface area contributed by atoms with Gasteiger partial charge < -0.3 is 12.3 Å². The maximum absolute atomic E-state index is 12.7. The predicted octanol–water partition coefficient (Wildman–Crippen LogP) is 8.69. The minimum Gasteiger partial charge on any atom is -0.461 e. The van der Waals surface area contributed by atoms with Gasteiger partial charge in [-0.15, -0.1) is 6.58 Å². The fourth-order valence-corrected chi connectivity index (χ4v) is 17.5. The zero-order valence-corrected chi connectivity index (χ0v) is 34.3. The van der Waals surface area contributed by atoms with Crippen molar-refractivity contribution >= 4 is 43.1 Å². The summed E-state index contributed by atoms with van der Waals surface area (Å²) in [6, 6.07) is 11.0. The molecule has 0 rings (SSSR count). The van der Waals surface area contributed by atoms with Crippen molar-refractivity contribution in [1.82, 2.24) is 0 Å². The third-order valence-corrected chi connectivity index (χ3v) is 18.0. The Morgan fingerprint density at radius 2 is 1.02 bits per heavy atom. The molecule has 0 aromatic carbocycles. The number of nitrogens with zero attached hydrogens (tertiary/aromatic N) is 4. The van der Waals surface area contributed by atoms with Gasteiger partial charge in [-0.2, -0.15) is 21.0 Å². The summed E-state index contributed by atoms with van der Waals surface area (Å²) in [5, 5.41) is 32.9. The second-order valence-electron chi connectivity index (χ2n) is 11.3. The van der Waals surface area contributed by atoms with Gasteiger partial charge in [-0.3, -0.25) is 4.70 Å². The Balaban J connectivity index is -0.000000106. The first-order valence-electron chi connectivity index (χ1n) is 13.6. The number of rotatable bonds is 14. The summed E-state index contributed by atoms with van der Waals surface area (Å²) < 4.78 is 24.6. The first-order valence-corrected chi connectivity index (χ1v) is 28.4. The van der Waals surface area contributed by atoms with Crippen LogP contribution in [0.4, 0.5) is 8.81 Å². The van der Waals surface area contributed by atoms with Crippen molar-refractivity contribution < 1.29 is 38.1 Å². The van der Waals surface area contributed by atoms with E-state index in [0.717, 1.165) is 31.4 Å². The molecule has 0 aromatic rings. The summed E-state index contributed by atoms with van der Waals surface area (Å²) in [5.74, 6) is 0. The third kappa shape index (κ3) is 57.2. The van der Waals surface area contributed by atoms with E-state index in [1.807, 2.05) is 12.1 Å². The van der Waals surface area contributed by atoms with Crippen molar-refractivity contribution in [3.05, 3.63) is 12.7 Å². The van der Waals surface area contributed by atoms with Crippen LogP contribution < -0.4 is 0 Å². The maximum atomic E-state index is 12.7. The molecule has 0 aromatic heterocycles. The van der Waals surface area contributed by atoms with E-state index in [0.29, 0.717) is 31.7 Å². The summed E-state index contributed by atoms with van der Waals surface area (Å²) in [6.45, 7) is 24.5.